The van der Waals surface area contributed by atoms with Gasteiger partial charge in [0.05, 0.1) is 6.10 Å². The van der Waals surface area contributed by atoms with Crippen molar-refractivity contribution in [1.82, 2.24) is 0 Å². The first kappa shape index (κ1) is 9.83. The van der Waals surface area contributed by atoms with Crippen molar-refractivity contribution >= 4 is 0 Å². The van der Waals surface area contributed by atoms with Crippen molar-refractivity contribution in [2.24, 2.45) is 5.73 Å². The van der Waals surface area contributed by atoms with E-state index in [0.717, 1.165) is 5.56 Å². The summed E-state index contributed by atoms with van der Waals surface area (Å²) in [7, 11) is 0. The second-order valence-corrected chi connectivity index (χ2v) is 2.92. The molecule has 0 unspecified atom stereocenters. The average Bonchev–Trinajstić information content (AvgIpc) is 2.11. The molecule has 0 fully saturated rings. The Morgan fingerprint density at radius 1 is 1.23 bits per heavy atom. The van der Waals surface area contributed by atoms with Crippen LogP contribution in [0.15, 0.2) is 18.2 Å². The number of nitrogens with two attached hydrogens (primary N) is 1. The minimum absolute atomic E-state index is 0.161. The Hall–Kier alpha value is -1.26. The van der Waals surface area contributed by atoms with Crippen LogP contribution >= 0.6 is 0 Å². The zero-order valence-corrected chi connectivity index (χ0v) is 7.14. The van der Waals surface area contributed by atoms with E-state index in [1.165, 1.54) is 12.1 Å². The lowest BCUT2D eigenvalue weighted by molar-refractivity contribution is 0.183. The van der Waals surface area contributed by atoms with Crippen LogP contribution in [0.1, 0.15) is 5.56 Å². The van der Waals surface area contributed by atoms with Gasteiger partial charge in [0.25, 0.3) is 0 Å². The summed E-state index contributed by atoms with van der Waals surface area (Å²) < 4.78 is 0. The fraction of sp³-hybridized carbons (Fsp3) is 0.333. The molecule has 0 heterocycles. The minimum Gasteiger partial charge on any atom is -0.504 e. The lowest BCUT2D eigenvalue weighted by atomic mass is 10.1. The van der Waals surface area contributed by atoms with Crippen LogP contribution in [0.5, 0.6) is 11.5 Å². The molecule has 4 nitrogen and oxygen atoms in total. The number of phenolic OH excluding ortho intramolecular Hbond substituents is 2. The topological polar surface area (TPSA) is 86.7 Å². The smallest absolute Gasteiger partial charge is 0.157 e. The van der Waals surface area contributed by atoms with Crippen LogP contribution in [0, 0.1) is 0 Å². The molecular formula is C9H13NO3. The molecule has 0 aliphatic rings. The molecule has 1 aromatic rings. The lowest BCUT2D eigenvalue weighted by Crippen LogP contribution is -2.21. The van der Waals surface area contributed by atoms with E-state index in [2.05, 4.69) is 0 Å². The van der Waals surface area contributed by atoms with Gasteiger partial charge in [-0.3, -0.25) is 0 Å². The Kier molecular flexibility index (Phi) is 3.11. The molecule has 72 valence electrons. The summed E-state index contributed by atoms with van der Waals surface area (Å²) in [5, 5.41) is 27.3. The lowest BCUT2D eigenvalue weighted by Gasteiger charge is -2.07. The molecule has 0 saturated carbocycles. The maximum Gasteiger partial charge on any atom is 0.157 e. The number of aliphatic hydroxyl groups is 1. The van der Waals surface area contributed by atoms with Crippen molar-refractivity contribution in [3.05, 3.63) is 23.8 Å². The first-order valence-electron chi connectivity index (χ1n) is 4.02. The summed E-state index contributed by atoms with van der Waals surface area (Å²) in [6.45, 7) is 0.182. The molecule has 0 radical (unpaired) electrons. The molecule has 1 atom stereocenters. The predicted octanol–water partition coefficient (Wildman–Crippen LogP) is -0.0401. The van der Waals surface area contributed by atoms with E-state index in [4.69, 9.17) is 15.9 Å². The molecule has 5 N–H and O–H groups in total. The van der Waals surface area contributed by atoms with Gasteiger partial charge in [0.15, 0.2) is 11.5 Å². The second kappa shape index (κ2) is 4.11. The number of rotatable bonds is 3. The first-order chi connectivity index (χ1) is 6.13. The molecule has 0 spiro atoms. The van der Waals surface area contributed by atoms with Gasteiger partial charge in [0.2, 0.25) is 0 Å². The molecule has 0 aliphatic heterocycles. The minimum atomic E-state index is -0.607. The highest BCUT2D eigenvalue weighted by molar-refractivity contribution is 5.40. The average molecular weight is 183 g/mol. The van der Waals surface area contributed by atoms with Gasteiger partial charge in [-0.1, -0.05) is 6.07 Å². The fourth-order valence-corrected chi connectivity index (χ4v) is 1.05. The van der Waals surface area contributed by atoms with Crippen molar-refractivity contribution in [2.75, 3.05) is 6.54 Å². The van der Waals surface area contributed by atoms with Crippen molar-refractivity contribution < 1.29 is 15.3 Å². The number of aromatic hydroxyl groups is 2. The van der Waals surface area contributed by atoms with Gasteiger partial charge in [-0.25, -0.2) is 0 Å². The monoisotopic (exact) mass is 183 g/mol. The summed E-state index contributed by atoms with van der Waals surface area (Å²) in [5.74, 6) is -0.340. The molecule has 13 heavy (non-hydrogen) atoms. The van der Waals surface area contributed by atoms with Crippen LogP contribution in [-0.4, -0.2) is 28.0 Å². The Bertz CT molecular complexity index is 288. The molecule has 0 aliphatic carbocycles. The van der Waals surface area contributed by atoms with E-state index < -0.39 is 6.10 Å². The molecule has 0 bridgehead atoms. The number of hydrogen-bond donors (Lipinski definition) is 4. The van der Waals surface area contributed by atoms with Gasteiger partial charge < -0.3 is 21.1 Å². The molecule has 4 heteroatoms. The van der Waals surface area contributed by atoms with Crippen molar-refractivity contribution in [3.8, 4) is 11.5 Å². The van der Waals surface area contributed by atoms with Gasteiger partial charge in [-0.2, -0.15) is 0 Å². The number of phenols is 2. The van der Waals surface area contributed by atoms with Gasteiger partial charge >= 0.3 is 0 Å². The molecule has 0 aromatic heterocycles. The van der Waals surface area contributed by atoms with Gasteiger partial charge in [0.1, 0.15) is 0 Å². The summed E-state index contributed by atoms with van der Waals surface area (Å²) in [6.07, 6.45) is -0.228. The zero-order chi connectivity index (χ0) is 9.84. The number of aliphatic hydroxyl groups excluding tert-OH is 1. The largest absolute Gasteiger partial charge is 0.504 e. The normalized spacial score (nSPS) is 12.8. The first-order valence-corrected chi connectivity index (χ1v) is 4.02. The van der Waals surface area contributed by atoms with Gasteiger partial charge in [0, 0.05) is 6.54 Å². The van der Waals surface area contributed by atoms with Crippen LogP contribution in [0.3, 0.4) is 0 Å². The van der Waals surface area contributed by atoms with E-state index in [1.54, 1.807) is 6.07 Å². The van der Waals surface area contributed by atoms with E-state index in [1.807, 2.05) is 0 Å². The third-order valence-corrected chi connectivity index (χ3v) is 1.78. The highest BCUT2D eigenvalue weighted by Crippen LogP contribution is 2.25. The number of hydrogen-bond acceptors (Lipinski definition) is 4. The summed E-state index contributed by atoms with van der Waals surface area (Å²) in [4.78, 5) is 0. The Balaban J connectivity index is 2.73. The molecular weight excluding hydrogens is 170 g/mol. The molecule has 1 rings (SSSR count). The van der Waals surface area contributed by atoms with Crippen LogP contribution in [0.4, 0.5) is 0 Å². The van der Waals surface area contributed by atoms with Crippen molar-refractivity contribution in [3.63, 3.8) is 0 Å². The third kappa shape index (κ3) is 2.61. The van der Waals surface area contributed by atoms with E-state index in [9.17, 15) is 5.11 Å². The van der Waals surface area contributed by atoms with Crippen molar-refractivity contribution in [1.29, 1.82) is 0 Å². The van der Waals surface area contributed by atoms with Crippen LogP contribution in [-0.2, 0) is 6.42 Å². The molecule has 0 saturated heterocycles. The summed E-state index contributed by atoms with van der Waals surface area (Å²) in [6, 6.07) is 4.43. The Morgan fingerprint density at radius 3 is 2.46 bits per heavy atom. The van der Waals surface area contributed by atoms with E-state index in [0.29, 0.717) is 6.42 Å². The van der Waals surface area contributed by atoms with Crippen LogP contribution in [0.2, 0.25) is 0 Å². The van der Waals surface area contributed by atoms with Crippen molar-refractivity contribution in [2.45, 2.75) is 12.5 Å². The molecule has 1 aromatic carbocycles. The number of benzene rings is 1. The Labute approximate surface area is 76.2 Å². The maximum atomic E-state index is 9.20. The second-order valence-electron chi connectivity index (χ2n) is 2.92. The summed E-state index contributed by atoms with van der Waals surface area (Å²) >= 11 is 0. The van der Waals surface area contributed by atoms with Gasteiger partial charge in [-0.15, -0.1) is 0 Å². The highest BCUT2D eigenvalue weighted by Gasteiger charge is 2.05. The fourth-order valence-electron chi connectivity index (χ4n) is 1.05. The quantitative estimate of drug-likeness (QED) is 0.495. The highest BCUT2D eigenvalue weighted by atomic mass is 16.3. The van der Waals surface area contributed by atoms with Gasteiger partial charge in [-0.05, 0) is 24.1 Å². The van der Waals surface area contributed by atoms with Crippen LogP contribution in [0.25, 0.3) is 0 Å². The predicted molar refractivity (Wildman–Crippen MR) is 48.5 cm³/mol. The third-order valence-electron chi connectivity index (χ3n) is 1.78. The summed E-state index contributed by atoms with van der Waals surface area (Å²) in [5.41, 5.74) is 5.97. The van der Waals surface area contributed by atoms with E-state index in [-0.39, 0.29) is 18.0 Å². The SMILES string of the molecule is NC[C@H](O)Cc1ccc(O)c(O)c1. The van der Waals surface area contributed by atoms with Crippen LogP contribution < -0.4 is 5.73 Å². The maximum absolute atomic E-state index is 9.20. The standard InChI is InChI=1S/C9H13NO3/c10-5-7(11)3-6-1-2-8(12)9(13)4-6/h1-2,4,7,11-13H,3,5,10H2/t7-/m1/s1. The van der Waals surface area contributed by atoms with E-state index >= 15 is 0 Å². The zero-order valence-electron chi connectivity index (χ0n) is 7.14. The molecule has 0 amide bonds. The Morgan fingerprint density at radius 2 is 1.92 bits per heavy atom.